The second-order valence-electron chi connectivity index (χ2n) is 4.47. The Morgan fingerprint density at radius 2 is 1.90 bits per heavy atom. The third-order valence-electron chi connectivity index (χ3n) is 3.11. The lowest BCUT2D eigenvalue weighted by molar-refractivity contribution is 1.15. The minimum atomic E-state index is 0.747. The van der Waals surface area contributed by atoms with Gasteiger partial charge in [-0.05, 0) is 35.9 Å². The van der Waals surface area contributed by atoms with E-state index in [1.807, 2.05) is 24.4 Å². The zero-order chi connectivity index (χ0) is 13.9. The van der Waals surface area contributed by atoms with Gasteiger partial charge in [0.05, 0.1) is 5.52 Å². The highest BCUT2D eigenvalue weighted by Gasteiger charge is 2.05. The Labute approximate surface area is 134 Å². The molecule has 3 aromatic rings. The van der Waals surface area contributed by atoms with Gasteiger partial charge in [0.1, 0.15) is 0 Å². The first-order valence-electron chi connectivity index (χ1n) is 6.25. The molecule has 100 valence electrons. The molecule has 1 aromatic heterocycles. The van der Waals surface area contributed by atoms with Crippen molar-refractivity contribution in [1.82, 2.24) is 4.98 Å². The predicted molar refractivity (Wildman–Crippen MR) is 90.9 cm³/mol. The van der Waals surface area contributed by atoms with Crippen LogP contribution >= 0.6 is 31.9 Å². The van der Waals surface area contributed by atoms with Crippen LogP contribution in [-0.2, 0) is 6.54 Å². The van der Waals surface area contributed by atoms with Gasteiger partial charge in [0, 0.05) is 32.8 Å². The fraction of sp³-hybridized carbons (Fsp3) is 0.0625. The minimum Gasteiger partial charge on any atom is -0.381 e. The van der Waals surface area contributed by atoms with E-state index in [0.717, 1.165) is 32.1 Å². The number of benzene rings is 2. The Bertz CT molecular complexity index is 756. The summed E-state index contributed by atoms with van der Waals surface area (Å²) in [4.78, 5) is 4.49. The average Bonchev–Trinajstić information content (AvgIpc) is 2.47. The van der Waals surface area contributed by atoms with E-state index in [-0.39, 0.29) is 0 Å². The van der Waals surface area contributed by atoms with Crippen molar-refractivity contribution < 1.29 is 0 Å². The van der Waals surface area contributed by atoms with Crippen LogP contribution in [0, 0.1) is 0 Å². The van der Waals surface area contributed by atoms with E-state index in [1.54, 1.807) is 0 Å². The van der Waals surface area contributed by atoms with E-state index in [4.69, 9.17) is 0 Å². The van der Waals surface area contributed by atoms with E-state index in [2.05, 4.69) is 72.5 Å². The Morgan fingerprint density at radius 1 is 1.00 bits per heavy atom. The van der Waals surface area contributed by atoms with Crippen molar-refractivity contribution >= 4 is 48.5 Å². The average molecular weight is 392 g/mol. The Hall–Kier alpha value is -1.39. The monoisotopic (exact) mass is 390 g/mol. The van der Waals surface area contributed by atoms with E-state index < -0.39 is 0 Å². The molecule has 0 amide bonds. The van der Waals surface area contributed by atoms with Gasteiger partial charge in [-0.1, -0.05) is 50.1 Å². The second kappa shape index (κ2) is 5.94. The van der Waals surface area contributed by atoms with Crippen molar-refractivity contribution in [2.45, 2.75) is 6.54 Å². The van der Waals surface area contributed by atoms with Crippen LogP contribution in [0.5, 0.6) is 0 Å². The summed E-state index contributed by atoms with van der Waals surface area (Å²) in [6.07, 6.45) is 1.83. The molecule has 1 heterocycles. The van der Waals surface area contributed by atoms with Crippen molar-refractivity contribution in [3.63, 3.8) is 0 Å². The highest BCUT2D eigenvalue weighted by molar-refractivity contribution is 9.11. The Balaban J connectivity index is 1.90. The topological polar surface area (TPSA) is 24.9 Å². The van der Waals surface area contributed by atoms with Crippen LogP contribution in [0.4, 0.5) is 5.69 Å². The molecule has 0 atom stereocenters. The van der Waals surface area contributed by atoms with Crippen LogP contribution in [0.3, 0.4) is 0 Å². The van der Waals surface area contributed by atoms with E-state index in [9.17, 15) is 0 Å². The Kier molecular flexibility index (Phi) is 4.03. The molecule has 0 radical (unpaired) electrons. The third-order valence-corrected chi connectivity index (χ3v) is 4.29. The molecule has 4 heteroatoms. The van der Waals surface area contributed by atoms with Gasteiger partial charge in [-0.3, -0.25) is 4.98 Å². The van der Waals surface area contributed by atoms with Crippen LogP contribution in [-0.4, -0.2) is 4.98 Å². The molecule has 0 saturated heterocycles. The molecule has 0 unspecified atom stereocenters. The summed E-state index contributed by atoms with van der Waals surface area (Å²) in [5, 5.41) is 4.57. The highest BCUT2D eigenvalue weighted by Crippen LogP contribution is 2.26. The molecule has 3 rings (SSSR count). The van der Waals surface area contributed by atoms with E-state index in [1.165, 1.54) is 5.56 Å². The largest absolute Gasteiger partial charge is 0.381 e. The SMILES string of the molecule is Brc1cccc(NCc2ccc(Br)c3cccnc23)c1. The number of hydrogen-bond donors (Lipinski definition) is 1. The lowest BCUT2D eigenvalue weighted by atomic mass is 10.1. The number of halogens is 2. The van der Waals surface area contributed by atoms with Crippen LogP contribution < -0.4 is 5.32 Å². The van der Waals surface area contributed by atoms with Gasteiger partial charge in [-0.25, -0.2) is 0 Å². The predicted octanol–water partition coefficient (Wildman–Crippen LogP) is 5.37. The van der Waals surface area contributed by atoms with Crippen LogP contribution in [0.1, 0.15) is 5.56 Å². The molecule has 0 spiro atoms. The lowest BCUT2D eigenvalue weighted by Gasteiger charge is -2.10. The molecule has 0 aliphatic carbocycles. The second-order valence-corrected chi connectivity index (χ2v) is 6.24. The quantitative estimate of drug-likeness (QED) is 0.648. The van der Waals surface area contributed by atoms with Gasteiger partial charge in [0.25, 0.3) is 0 Å². The van der Waals surface area contributed by atoms with Crippen molar-refractivity contribution in [3.8, 4) is 0 Å². The first kappa shape index (κ1) is 13.6. The van der Waals surface area contributed by atoms with Gasteiger partial charge in [-0.15, -0.1) is 0 Å². The highest BCUT2D eigenvalue weighted by atomic mass is 79.9. The number of rotatable bonds is 3. The standard InChI is InChI=1S/C16H12Br2N2/c17-12-3-1-4-13(9-12)20-10-11-6-7-15(18)14-5-2-8-19-16(11)14/h1-9,20H,10H2. The molecule has 0 aliphatic rings. The number of fused-ring (bicyclic) bond motifs is 1. The number of nitrogens with one attached hydrogen (secondary N) is 1. The molecule has 0 bridgehead atoms. The molecule has 0 aliphatic heterocycles. The van der Waals surface area contributed by atoms with Gasteiger partial charge in [0.2, 0.25) is 0 Å². The van der Waals surface area contributed by atoms with Crippen molar-refractivity contribution in [3.05, 3.63) is 69.2 Å². The van der Waals surface area contributed by atoms with Crippen molar-refractivity contribution in [1.29, 1.82) is 0 Å². The van der Waals surface area contributed by atoms with Crippen molar-refractivity contribution in [2.75, 3.05) is 5.32 Å². The smallest absolute Gasteiger partial charge is 0.0763 e. The summed E-state index contributed by atoms with van der Waals surface area (Å²) in [6, 6.07) is 16.4. The minimum absolute atomic E-state index is 0.747. The van der Waals surface area contributed by atoms with E-state index in [0.29, 0.717) is 0 Å². The molecule has 0 saturated carbocycles. The van der Waals surface area contributed by atoms with E-state index >= 15 is 0 Å². The normalized spacial score (nSPS) is 10.7. The molecule has 20 heavy (non-hydrogen) atoms. The summed E-state index contributed by atoms with van der Waals surface area (Å²) in [5.41, 5.74) is 3.31. The van der Waals surface area contributed by atoms with Gasteiger partial charge >= 0.3 is 0 Å². The lowest BCUT2D eigenvalue weighted by Crippen LogP contribution is -2.01. The van der Waals surface area contributed by atoms with Crippen molar-refractivity contribution in [2.24, 2.45) is 0 Å². The molecule has 1 N–H and O–H groups in total. The maximum absolute atomic E-state index is 4.49. The number of nitrogens with zero attached hydrogens (tertiary/aromatic N) is 1. The maximum atomic E-state index is 4.49. The molecular formula is C16H12Br2N2. The molecule has 2 nitrogen and oxygen atoms in total. The number of pyridine rings is 1. The zero-order valence-electron chi connectivity index (χ0n) is 10.6. The summed E-state index contributed by atoms with van der Waals surface area (Å²) in [6.45, 7) is 0.747. The number of hydrogen-bond acceptors (Lipinski definition) is 2. The number of aromatic nitrogens is 1. The van der Waals surface area contributed by atoms with Gasteiger partial charge < -0.3 is 5.32 Å². The zero-order valence-corrected chi connectivity index (χ0v) is 13.8. The summed E-state index contributed by atoms with van der Waals surface area (Å²) >= 11 is 7.05. The summed E-state index contributed by atoms with van der Waals surface area (Å²) < 4.78 is 2.15. The fourth-order valence-corrected chi connectivity index (χ4v) is 2.99. The maximum Gasteiger partial charge on any atom is 0.0763 e. The van der Waals surface area contributed by atoms with Gasteiger partial charge in [0.15, 0.2) is 0 Å². The first-order chi connectivity index (χ1) is 9.74. The molecular weight excluding hydrogens is 380 g/mol. The van der Waals surface area contributed by atoms with Crippen LogP contribution in [0.15, 0.2) is 63.7 Å². The fourth-order valence-electron chi connectivity index (χ4n) is 2.13. The number of anilines is 1. The van der Waals surface area contributed by atoms with Crippen LogP contribution in [0.25, 0.3) is 10.9 Å². The third kappa shape index (κ3) is 2.86. The molecule has 0 fully saturated rings. The van der Waals surface area contributed by atoms with Crippen LogP contribution in [0.2, 0.25) is 0 Å². The summed E-state index contributed by atoms with van der Waals surface area (Å²) in [5.74, 6) is 0. The first-order valence-corrected chi connectivity index (χ1v) is 7.84. The molecule has 2 aromatic carbocycles. The van der Waals surface area contributed by atoms with Gasteiger partial charge in [-0.2, -0.15) is 0 Å². The summed E-state index contributed by atoms with van der Waals surface area (Å²) in [7, 11) is 0. The Morgan fingerprint density at radius 3 is 2.75 bits per heavy atom.